The van der Waals surface area contributed by atoms with E-state index in [-0.39, 0.29) is 5.91 Å². The average molecular weight is 232 g/mol. The number of nitrogens with one attached hydrogen (secondary N) is 2. The fourth-order valence-corrected chi connectivity index (χ4v) is 2.81. The second-order valence-electron chi connectivity index (χ2n) is 4.69. The molecule has 2 aliphatic rings. The Hall–Kier alpha value is -1.55. The van der Waals surface area contributed by atoms with Crippen LogP contribution in [0, 0.1) is 5.92 Å². The molecule has 2 N–H and O–H groups in total. The Morgan fingerprint density at radius 2 is 2.18 bits per heavy atom. The molecule has 3 rings (SSSR count). The fourth-order valence-electron chi connectivity index (χ4n) is 2.81. The van der Waals surface area contributed by atoms with Crippen LogP contribution < -0.4 is 15.4 Å². The van der Waals surface area contributed by atoms with Gasteiger partial charge in [0.15, 0.2) is 0 Å². The van der Waals surface area contributed by atoms with Crippen molar-refractivity contribution < 1.29 is 9.53 Å². The molecule has 4 heteroatoms. The smallest absolute Gasteiger partial charge is 0.251 e. The van der Waals surface area contributed by atoms with Gasteiger partial charge in [-0.3, -0.25) is 4.79 Å². The number of benzene rings is 1. The molecule has 1 aromatic rings. The Balaban J connectivity index is 2.09. The lowest BCUT2D eigenvalue weighted by molar-refractivity contribution is 0.0952. The summed E-state index contributed by atoms with van der Waals surface area (Å²) in [6, 6.07) is 5.81. The van der Waals surface area contributed by atoms with E-state index in [4.69, 9.17) is 4.74 Å². The van der Waals surface area contributed by atoms with Gasteiger partial charge in [-0.05, 0) is 23.6 Å². The van der Waals surface area contributed by atoms with Crippen LogP contribution in [-0.2, 0) is 0 Å². The minimum atomic E-state index is 0.0216. The Kier molecular flexibility index (Phi) is 2.52. The Morgan fingerprint density at radius 1 is 1.29 bits per heavy atom. The van der Waals surface area contributed by atoms with Crippen molar-refractivity contribution in [1.82, 2.24) is 10.6 Å². The summed E-state index contributed by atoms with van der Waals surface area (Å²) >= 11 is 0. The molecule has 1 saturated heterocycles. The summed E-state index contributed by atoms with van der Waals surface area (Å²) in [5, 5.41) is 6.38. The molecular weight excluding hydrogens is 216 g/mol. The Bertz CT molecular complexity index is 459. The third-order valence-corrected chi connectivity index (χ3v) is 3.77. The molecule has 2 heterocycles. The lowest BCUT2D eigenvalue weighted by Crippen LogP contribution is -2.28. The number of ether oxygens (including phenoxy) is 1. The summed E-state index contributed by atoms with van der Waals surface area (Å²) in [6.45, 7) is 2.70. The fraction of sp³-hybridized carbons (Fsp3) is 0.462. The molecule has 17 heavy (non-hydrogen) atoms. The predicted molar refractivity (Wildman–Crippen MR) is 64.4 cm³/mol. The summed E-state index contributed by atoms with van der Waals surface area (Å²) < 4.78 is 5.19. The van der Waals surface area contributed by atoms with Gasteiger partial charge in [0.05, 0.1) is 7.11 Å². The van der Waals surface area contributed by atoms with E-state index in [0.717, 1.165) is 36.5 Å². The van der Waals surface area contributed by atoms with Crippen molar-refractivity contribution in [2.45, 2.75) is 5.92 Å². The van der Waals surface area contributed by atoms with Gasteiger partial charge in [-0.1, -0.05) is 6.07 Å². The molecule has 0 aromatic heterocycles. The van der Waals surface area contributed by atoms with Gasteiger partial charge in [0.1, 0.15) is 5.75 Å². The summed E-state index contributed by atoms with van der Waals surface area (Å²) in [4.78, 5) is 12.0. The number of hydrogen-bond acceptors (Lipinski definition) is 3. The van der Waals surface area contributed by atoms with Crippen LogP contribution in [0.2, 0.25) is 0 Å². The number of hydrogen-bond donors (Lipinski definition) is 2. The second-order valence-corrected chi connectivity index (χ2v) is 4.69. The maximum atomic E-state index is 12.0. The molecule has 0 aliphatic carbocycles. The second kappa shape index (κ2) is 4.04. The van der Waals surface area contributed by atoms with E-state index < -0.39 is 0 Å². The summed E-state index contributed by atoms with van der Waals surface area (Å²) in [5.41, 5.74) is 1.91. The molecule has 0 radical (unpaired) electrons. The van der Waals surface area contributed by atoms with Crippen LogP contribution in [0.15, 0.2) is 18.2 Å². The van der Waals surface area contributed by atoms with Crippen molar-refractivity contribution in [2.24, 2.45) is 5.92 Å². The number of amides is 1. The number of methoxy groups -OCH3 is 1. The molecule has 0 spiro atoms. The number of rotatable bonds is 1. The highest BCUT2D eigenvalue weighted by molar-refractivity contribution is 5.96. The number of carbonyl (C=O) groups excluding carboxylic acids is 1. The van der Waals surface area contributed by atoms with Crippen molar-refractivity contribution in [3.8, 4) is 5.75 Å². The maximum Gasteiger partial charge on any atom is 0.251 e. The van der Waals surface area contributed by atoms with Crippen LogP contribution in [0.1, 0.15) is 21.8 Å². The van der Waals surface area contributed by atoms with Crippen LogP contribution in [0.4, 0.5) is 0 Å². The molecule has 2 atom stereocenters. The van der Waals surface area contributed by atoms with E-state index in [1.54, 1.807) is 7.11 Å². The first kappa shape index (κ1) is 10.6. The van der Waals surface area contributed by atoms with Crippen LogP contribution in [-0.4, -0.2) is 32.7 Å². The third kappa shape index (κ3) is 1.69. The highest BCUT2D eigenvalue weighted by Crippen LogP contribution is 2.33. The zero-order valence-corrected chi connectivity index (χ0v) is 9.82. The van der Waals surface area contributed by atoms with Gasteiger partial charge in [0, 0.05) is 31.1 Å². The van der Waals surface area contributed by atoms with Crippen molar-refractivity contribution in [1.29, 1.82) is 0 Å². The van der Waals surface area contributed by atoms with Gasteiger partial charge in [0.2, 0.25) is 0 Å². The van der Waals surface area contributed by atoms with E-state index in [0.29, 0.717) is 11.8 Å². The van der Waals surface area contributed by atoms with Crippen molar-refractivity contribution in [3.63, 3.8) is 0 Å². The molecule has 90 valence electrons. The molecular formula is C13H16N2O2. The first-order valence-corrected chi connectivity index (χ1v) is 5.96. The average Bonchev–Trinajstić information content (AvgIpc) is 2.78. The first-order chi connectivity index (χ1) is 8.29. The lowest BCUT2D eigenvalue weighted by Gasteiger charge is -2.16. The van der Waals surface area contributed by atoms with Gasteiger partial charge >= 0.3 is 0 Å². The van der Waals surface area contributed by atoms with Gasteiger partial charge < -0.3 is 15.4 Å². The molecule has 0 saturated carbocycles. The zero-order chi connectivity index (χ0) is 11.8. The van der Waals surface area contributed by atoms with Crippen LogP contribution in [0.5, 0.6) is 5.75 Å². The molecule has 0 bridgehead atoms. The summed E-state index contributed by atoms with van der Waals surface area (Å²) in [7, 11) is 1.62. The normalized spacial score (nSPS) is 26.8. The molecule has 1 aromatic carbocycles. The molecule has 1 amide bonds. The number of carbonyl (C=O) groups is 1. The minimum absolute atomic E-state index is 0.0216. The topological polar surface area (TPSA) is 50.4 Å². The van der Waals surface area contributed by atoms with Crippen molar-refractivity contribution >= 4 is 5.91 Å². The molecule has 2 aliphatic heterocycles. The number of fused-ring (bicyclic) bond motifs is 3. The van der Waals surface area contributed by atoms with Gasteiger partial charge in [-0.2, -0.15) is 0 Å². The van der Waals surface area contributed by atoms with Gasteiger partial charge in [-0.15, -0.1) is 0 Å². The third-order valence-electron chi connectivity index (χ3n) is 3.77. The Morgan fingerprint density at radius 3 is 3.00 bits per heavy atom. The minimum Gasteiger partial charge on any atom is -0.497 e. The van der Waals surface area contributed by atoms with E-state index in [2.05, 4.69) is 10.6 Å². The van der Waals surface area contributed by atoms with E-state index >= 15 is 0 Å². The SMILES string of the molecule is COc1ccc2c(c1)C(=O)NC[C@@H]1CNCC21. The van der Waals surface area contributed by atoms with Crippen molar-refractivity contribution in [3.05, 3.63) is 29.3 Å². The Labute approximate surface area is 100 Å². The lowest BCUT2D eigenvalue weighted by atomic mass is 9.87. The largest absolute Gasteiger partial charge is 0.497 e. The summed E-state index contributed by atoms with van der Waals surface area (Å²) in [6.07, 6.45) is 0. The first-order valence-electron chi connectivity index (χ1n) is 5.96. The van der Waals surface area contributed by atoms with Crippen LogP contribution in [0.3, 0.4) is 0 Å². The quantitative estimate of drug-likeness (QED) is 0.751. The van der Waals surface area contributed by atoms with Crippen molar-refractivity contribution in [2.75, 3.05) is 26.7 Å². The van der Waals surface area contributed by atoms with E-state index in [9.17, 15) is 4.79 Å². The zero-order valence-electron chi connectivity index (χ0n) is 9.82. The highest BCUT2D eigenvalue weighted by Gasteiger charge is 2.34. The van der Waals surface area contributed by atoms with Crippen LogP contribution >= 0.6 is 0 Å². The highest BCUT2D eigenvalue weighted by atomic mass is 16.5. The standard InChI is InChI=1S/C13H16N2O2/c1-17-9-2-3-10-11(4-9)13(16)15-6-8-5-14-7-12(8)10/h2-4,8,12,14H,5-7H2,1H3,(H,15,16)/t8-,12?/m0/s1. The monoisotopic (exact) mass is 232 g/mol. The molecule has 1 unspecified atom stereocenters. The van der Waals surface area contributed by atoms with E-state index in [1.807, 2.05) is 18.2 Å². The van der Waals surface area contributed by atoms with E-state index in [1.165, 1.54) is 0 Å². The van der Waals surface area contributed by atoms with Crippen LogP contribution in [0.25, 0.3) is 0 Å². The molecule has 4 nitrogen and oxygen atoms in total. The van der Waals surface area contributed by atoms with Gasteiger partial charge in [0.25, 0.3) is 5.91 Å². The summed E-state index contributed by atoms with van der Waals surface area (Å²) in [5.74, 6) is 1.71. The predicted octanol–water partition coefficient (Wildman–Crippen LogP) is 0.742. The molecule has 1 fully saturated rings. The maximum absolute atomic E-state index is 12.0. The van der Waals surface area contributed by atoms with Gasteiger partial charge in [-0.25, -0.2) is 0 Å².